The number of carbonyl (C=O) groups excluding carboxylic acids is 1. The van der Waals surface area contributed by atoms with Gasteiger partial charge in [-0.1, -0.05) is 12.8 Å². The van der Waals surface area contributed by atoms with E-state index in [1.807, 2.05) is 16.0 Å². The quantitative estimate of drug-likeness (QED) is 0.821. The summed E-state index contributed by atoms with van der Waals surface area (Å²) in [5.41, 5.74) is 0. The molecule has 140 valence electrons. The largest absolute Gasteiger partial charge is 0.341 e. The molecule has 7 nitrogen and oxygen atoms in total. The summed E-state index contributed by atoms with van der Waals surface area (Å²) in [6.07, 6.45) is 7.17. The second-order valence-electron chi connectivity index (χ2n) is 7.38. The summed E-state index contributed by atoms with van der Waals surface area (Å²) in [5, 5.41) is 11.6. The van der Waals surface area contributed by atoms with Crippen LogP contribution in [0.1, 0.15) is 47.9 Å². The van der Waals surface area contributed by atoms with E-state index in [1.165, 1.54) is 22.6 Å². The maximum Gasteiger partial charge on any atom is 0.240 e. The van der Waals surface area contributed by atoms with Crippen LogP contribution in [0, 0.1) is 6.92 Å². The summed E-state index contributed by atoms with van der Waals surface area (Å²) < 4.78 is 1.81. The van der Waals surface area contributed by atoms with Crippen LogP contribution in [0.4, 0.5) is 0 Å². The van der Waals surface area contributed by atoms with E-state index < -0.39 is 0 Å². The van der Waals surface area contributed by atoms with E-state index in [2.05, 4.69) is 44.4 Å². The van der Waals surface area contributed by atoms with E-state index >= 15 is 0 Å². The molecule has 4 heterocycles. The monoisotopic (exact) mass is 374 g/mol. The lowest BCUT2D eigenvalue weighted by atomic mass is 10.1. The van der Waals surface area contributed by atoms with Gasteiger partial charge in [0, 0.05) is 35.9 Å². The molecule has 2 saturated heterocycles. The second kappa shape index (κ2) is 7.84. The van der Waals surface area contributed by atoms with Crippen molar-refractivity contribution in [3.05, 3.63) is 28.2 Å². The fraction of sp³-hybridized carbons (Fsp3) is 0.667. The van der Waals surface area contributed by atoms with E-state index in [1.54, 1.807) is 6.33 Å². The highest BCUT2D eigenvalue weighted by Crippen LogP contribution is 2.31. The van der Waals surface area contributed by atoms with Crippen molar-refractivity contribution in [3.63, 3.8) is 0 Å². The van der Waals surface area contributed by atoms with Crippen molar-refractivity contribution in [2.24, 2.45) is 0 Å². The predicted molar refractivity (Wildman–Crippen MR) is 99.8 cm³/mol. The zero-order chi connectivity index (χ0) is 17.9. The Balaban J connectivity index is 1.52. The minimum atomic E-state index is -0.0790. The number of hydrogen-bond donors (Lipinski definition) is 0. The summed E-state index contributed by atoms with van der Waals surface area (Å²) in [6, 6.07) is 4.41. The molecule has 8 heteroatoms. The molecule has 26 heavy (non-hydrogen) atoms. The standard InChI is InChI=1S/C18H26N6OS/c1-14-6-7-16(26-14)12-23-11-15(24-13-19-20-21-24)10-17(23)18(25)22-8-4-2-3-5-9-22/h6-7,13,15,17H,2-5,8-12H2,1H3/t15-,17-/m0/s1. The lowest BCUT2D eigenvalue weighted by molar-refractivity contribution is -0.136. The highest BCUT2D eigenvalue weighted by molar-refractivity contribution is 7.11. The average Bonchev–Trinajstić information content (AvgIpc) is 3.33. The van der Waals surface area contributed by atoms with Crippen molar-refractivity contribution in [2.75, 3.05) is 19.6 Å². The van der Waals surface area contributed by atoms with E-state index in [9.17, 15) is 4.79 Å². The van der Waals surface area contributed by atoms with Gasteiger partial charge in [-0.05, 0) is 48.7 Å². The fourth-order valence-electron chi connectivity index (χ4n) is 4.11. The van der Waals surface area contributed by atoms with E-state index in [4.69, 9.17) is 0 Å². The SMILES string of the molecule is Cc1ccc(CN2C[C@@H](n3cnnn3)C[C@H]2C(=O)N2CCCCCC2)s1. The van der Waals surface area contributed by atoms with Crippen molar-refractivity contribution in [3.8, 4) is 0 Å². The van der Waals surface area contributed by atoms with Crippen molar-refractivity contribution in [1.29, 1.82) is 0 Å². The maximum absolute atomic E-state index is 13.3. The Labute approximate surface area is 158 Å². The minimum Gasteiger partial charge on any atom is -0.341 e. The van der Waals surface area contributed by atoms with Crippen molar-refractivity contribution in [1.82, 2.24) is 30.0 Å². The lowest BCUT2D eigenvalue weighted by Gasteiger charge is -2.29. The molecule has 2 atom stereocenters. The van der Waals surface area contributed by atoms with Gasteiger partial charge in [0.2, 0.25) is 5.91 Å². The predicted octanol–water partition coefficient (Wildman–Crippen LogP) is 2.26. The lowest BCUT2D eigenvalue weighted by Crippen LogP contribution is -2.45. The van der Waals surface area contributed by atoms with E-state index in [0.717, 1.165) is 45.4 Å². The molecule has 0 unspecified atom stereocenters. The van der Waals surface area contributed by atoms with Gasteiger partial charge in [0.05, 0.1) is 12.1 Å². The zero-order valence-corrected chi connectivity index (χ0v) is 16.1. The third-order valence-electron chi connectivity index (χ3n) is 5.48. The first-order chi connectivity index (χ1) is 12.7. The number of nitrogens with zero attached hydrogens (tertiary/aromatic N) is 6. The Bertz CT molecular complexity index is 722. The van der Waals surface area contributed by atoms with Gasteiger partial charge in [-0.2, -0.15) is 0 Å². The molecule has 4 rings (SSSR count). The summed E-state index contributed by atoms with van der Waals surface area (Å²) in [4.78, 5) is 20.3. The van der Waals surface area contributed by atoms with Crippen molar-refractivity contribution in [2.45, 2.75) is 57.7 Å². The normalized spacial score (nSPS) is 24.7. The molecule has 0 spiro atoms. The molecule has 2 aromatic rings. The Morgan fingerprint density at radius 2 is 2.04 bits per heavy atom. The third kappa shape index (κ3) is 3.81. The number of aryl methyl sites for hydroxylation is 1. The number of hydrogen-bond acceptors (Lipinski definition) is 6. The summed E-state index contributed by atoms with van der Waals surface area (Å²) in [5.74, 6) is 0.288. The van der Waals surface area contributed by atoms with Crippen LogP contribution in [0.25, 0.3) is 0 Å². The molecule has 0 N–H and O–H groups in total. The summed E-state index contributed by atoms with van der Waals surface area (Å²) in [7, 11) is 0. The summed E-state index contributed by atoms with van der Waals surface area (Å²) in [6.45, 7) is 5.56. The van der Waals surface area contributed by atoms with Crippen LogP contribution in [0.5, 0.6) is 0 Å². The maximum atomic E-state index is 13.3. The first-order valence-corrected chi connectivity index (χ1v) is 10.3. The van der Waals surface area contributed by atoms with Crippen LogP contribution < -0.4 is 0 Å². The van der Waals surface area contributed by atoms with Gasteiger partial charge < -0.3 is 4.90 Å². The van der Waals surface area contributed by atoms with Gasteiger partial charge in [0.1, 0.15) is 6.33 Å². The number of tetrazole rings is 1. The molecule has 2 fully saturated rings. The number of carbonyl (C=O) groups is 1. The molecule has 2 aliphatic rings. The minimum absolute atomic E-state index is 0.0790. The smallest absolute Gasteiger partial charge is 0.240 e. The highest BCUT2D eigenvalue weighted by Gasteiger charge is 2.40. The zero-order valence-electron chi connectivity index (χ0n) is 15.3. The van der Waals surface area contributed by atoms with Crippen LogP contribution in [0.15, 0.2) is 18.5 Å². The molecule has 2 aliphatic heterocycles. The average molecular weight is 375 g/mol. The number of thiophene rings is 1. The first-order valence-electron chi connectivity index (χ1n) is 9.51. The second-order valence-corrected chi connectivity index (χ2v) is 8.75. The van der Waals surface area contributed by atoms with E-state index in [0.29, 0.717) is 0 Å². The number of aromatic nitrogens is 4. The van der Waals surface area contributed by atoms with Crippen molar-refractivity contribution < 1.29 is 4.79 Å². The molecule has 0 radical (unpaired) electrons. The van der Waals surface area contributed by atoms with Gasteiger partial charge in [-0.3, -0.25) is 9.69 Å². The molecule has 1 amide bonds. The van der Waals surface area contributed by atoms with E-state index in [-0.39, 0.29) is 18.0 Å². The Morgan fingerprint density at radius 3 is 2.69 bits per heavy atom. The Morgan fingerprint density at radius 1 is 1.23 bits per heavy atom. The highest BCUT2D eigenvalue weighted by atomic mass is 32.1. The number of amides is 1. The van der Waals surface area contributed by atoms with Crippen LogP contribution in [-0.4, -0.2) is 61.6 Å². The Kier molecular flexibility index (Phi) is 5.31. The molecule has 0 aliphatic carbocycles. The topological polar surface area (TPSA) is 67.2 Å². The van der Waals surface area contributed by atoms with Gasteiger partial charge >= 0.3 is 0 Å². The third-order valence-corrected chi connectivity index (χ3v) is 6.46. The number of rotatable bonds is 4. The summed E-state index contributed by atoms with van der Waals surface area (Å²) >= 11 is 1.81. The van der Waals surface area contributed by atoms with Gasteiger partial charge in [0.15, 0.2) is 0 Å². The molecule has 0 aromatic carbocycles. The Hall–Kier alpha value is -1.80. The van der Waals surface area contributed by atoms with Crippen LogP contribution in [-0.2, 0) is 11.3 Å². The molecular formula is C18H26N6OS. The molecule has 0 bridgehead atoms. The first kappa shape index (κ1) is 17.6. The van der Waals surface area contributed by atoms with Crippen LogP contribution in [0.2, 0.25) is 0 Å². The van der Waals surface area contributed by atoms with Crippen LogP contribution in [0.3, 0.4) is 0 Å². The molecule has 2 aromatic heterocycles. The van der Waals surface area contributed by atoms with Gasteiger partial charge in [-0.15, -0.1) is 16.4 Å². The molecular weight excluding hydrogens is 348 g/mol. The number of likely N-dealkylation sites (tertiary alicyclic amines) is 2. The molecule has 0 saturated carbocycles. The van der Waals surface area contributed by atoms with Gasteiger partial charge in [0.25, 0.3) is 0 Å². The van der Waals surface area contributed by atoms with Crippen molar-refractivity contribution >= 4 is 17.2 Å². The fourth-order valence-corrected chi connectivity index (χ4v) is 5.03. The van der Waals surface area contributed by atoms with Crippen LogP contribution >= 0.6 is 11.3 Å². The van der Waals surface area contributed by atoms with Gasteiger partial charge in [-0.25, -0.2) is 4.68 Å².